The molecule has 1 aromatic carbocycles. The van der Waals surface area contributed by atoms with Crippen molar-refractivity contribution in [2.75, 3.05) is 23.8 Å². The van der Waals surface area contributed by atoms with Gasteiger partial charge in [0.05, 0.1) is 11.3 Å². The van der Waals surface area contributed by atoms with E-state index in [2.05, 4.69) is 15.9 Å². The van der Waals surface area contributed by atoms with Gasteiger partial charge in [-0.25, -0.2) is 4.39 Å². The Balaban J connectivity index is 3.00. The molecule has 1 nitrogen and oxygen atoms in total. The third kappa shape index (κ3) is 3.10. The number of nitrogens with zero attached hydrogens (tertiary/aromatic N) is 1. The average molecular weight is 300 g/mol. The second-order valence-corrected chi connectivity index (χ2v) is 4.07. The molecule has 0 saturated heterocycles. The van der Waals surface area contributed by atoms with Crippen LogP contribution in [0.1, 0.15) is 5.56 Å². The lowest BCUT2D eigenvalue weighted by Crippen LogP contribution is -2.21. The first-order valence-corrected chi connectivity index (χ1v) is 5.62. The highest BCUT2D eigenvalue weighted by Gasteiger charge is 2.31. The molecule has 90 valence electrons. The van der Waals surface area contributed by atoms with Gasteiger partial charge in [-0.3, -0.25) is 0 Å². The van der Waals surface area contributed by atoms with Crippen molar-refractivity contribution in [3.63, 3.8) is 0 Å². The third-order valence-electron chi connectivity index (χ3n) is 2.11. The van der Waals surface area contributed by atoms with E-state index in [0.717, 1.165) is 12.1 Å². The van der Waals surface area contributed by atoms with E-state index in [-0.39, 0.29) is 5.69 Å². The molecule has 0 fully saturated rings. The van der Waals surface area contributed by atoms with Gasteiger partial charge in [0.25, 0.3) is 0 Å². The van der Waals surface area contributed by atoms with Gasteiger partial charge >= 0.3 is 6.18 Å². The standard InChI is InChI=1S/C10H10BrF4N/c1-16(5-4-11)9-3-2-7(6-8(9)12)10(13,14)15/h2-3,6H,4-5H2,1H3. The number of hydrogen-bond acceptors (Lipinski definition) is 1. The highest BCUT2D eigenvalue weighted by Crippen LogP contribution is 2.31. The van der Waals surface area contributed by atoms with Gasteiger partial charge in [0, 0.05) is 18.9 Å². The molecule has 0 aliphatic carbocycles. The molecule has 0 unspecified atom stereocenters. The smallest absolute Gasteiger partial charge is 0.371 e. The Morgan fingerprint density at radius 3 is 2.38 bits per heavy atom. The van der Waals surface area contributed by atoms with Crippen molar-refractivity contribution in [3.8, 4) is 0 Å². The first kappa shape index (κ1) is 13.3. The lowest BCUT2D eigenvalue weighted by atomic mass is 10.2. The molecule has 1 rings (SSSR count). The van der Waals surface area contributed by atoms with Crippen molar-refractivity contribution < 1.29 is 17.6 Å². The van der Waals surface area contributed by atoms with Gasteiger partial charge in [-0.05, 0) is 18.2 Å². The minimum atomic E-state index is -4.51. The van der Waals surface area contributed by atoms with Crippen LogP contribution in [0.25, 0.3) is 0 Å². The molecule has 16 heavy (non-hydrogen) atoms. The Morgan fingerprint density at radius 2 is 1.94 bits per heavy atom. The fourth-order valence-electron chi connectivity index (χ4n) is 1.24. The maximum absolute atomic E-state index is 13.4. The predicted molar refractivity (Wildman–Crippen MR) is 58.5 cm³/mol. The van der Waals surface area contributed by atoms with Crippen LogP contribution in [-0.4, -0.2) is 18.9 Å². The molecule has 0 heterocycles. The van der Waals surface area contributed by atoms with Crippen LogP contribution in [0.15, 0.2) is 18.2 Å². The van der Waals surface area contributed by atoms with Gasteiger partial charge in [-0.2, -0.15) is 13.2 Å². The van der Waals surface area contributed by atoms with Crippen molar-refractivity contribution in [3.05, 3.63) is 29.6 Å². The first-order valence-electron chi connectivity index (χ1n) is 4.50. The number of alkyl halides is 4. The zero-order valence-corrected chi connectivity index (χ0v) is 10.1. The van der Waals surface area contributed by atoms with E-state index >= 15 is 0 Å². The molecule has 6 heteroatoms. The molecule has 0 aliphatic rings. The molecule has 0 atom stereocenters. The molecule has 0 bridgehead atoms. The molecule has 0 aromatic heterocycles. The molecule has 1 aromatic rings. The van der Waals surface area contributed by atoms with Crippen molar-refractivity contribution in [2.24, 2.45) is 0 Å². The second-order valence-electron chi connectivity index (χ2n) is 3.27. The molecule has 0 spiro atoms. The van der Waals surface area contributed by atoms with Crippen LogP contribution in [0, 0.1) is 5.82 Å². The molecule has 0 radical (unpaired) electrons. The maximum Gasteiger partial charge on any atom is 0.416 e. The average Bonchev–Trinajstić information content (AvgIpc) is 2.16. The number of halogens is 5. The summed E-state index contributed by atoms with van der Waals surface area (Å²) < 4.78 is 50.2. The zero-order chi connectivity index (χ0) is 12.3. The fraction of sp³-hybridized carbons (Fsp3) is 0.400. The number of benzene rings is 1. The van der Waals surface area contributed by atoms with Gasteiger partial charge in [-0.15, -0.1) is 0 Å². The quantitative estimate of drug-likeness (QED) is 0.608. The van der Waals surface area contributed by atoms with Crippen molar-refractivity contribution in [2.45, 2.75) is 6.18 Å². The van der Waals surface area contributed by atoms with Crippen LogP contribution in [0.4, 0.5) is 23.2 Å². The number of rotatable bonds is 3. The van der Waals surface area contributed by atoms with E-state index in [1.54, 1.807) is 11.9 Å². The Labute approximate surface area is 99.2 Å². The molecule has 0 N–H and O–H groups in total. The summed E-state index contributed by atoms with van der Waals surface area (Å²) in [4.78, 5) is 1.55. The van der Waals surface area contributed by atoms with Gasteiger partial charge in [0.1, 0.15) is 5.82 Å². The maximum atomic E-state index is 13.4. The summed E-state index contributed by atoms with van der Waals surface area (Å²) in [7, 11) is 1.62. The van der Waals surface area contributed by atoms with Crippen LogP contribution in [0.5, 0.6) is 0 Å². The lowest BCUT2D eigenvalue weighted by molar-refractivity contribution is -0.137. The minimum Gasteiger partial charge on any atom is -0.371 e. The monoisotopic (exact) mass is 299 g/mol. The van der Waals surface area contributed by atoms with E-state index in [4.69, 9.17) is 0 Å². The first-order chi connectivity index (χ1) is 7.36. The van der Waals surface area contributed by atoms with Gasteiger partial charge < -0.3 is 4.90 Å². The largest absolute Gasteiger partial charge is 0.416 e. The van der Waals surface area contributed by atoms with E-state index in [9.17, 15) is 17.6 Å². The van der Waals surface area contributed by atoms with Crippen LogP contribution in [0.3, 0.4) is 0 Å². The zero-order valence-electron chi connectivity index (χ0n) is 8.48. The van der Waals surface area contributed by atoms with Crippen molar-refractivity contribution in [1.29, 1.82) is 0 Å². The highest BCUT2D eigenvalue weighted by molar-refractivity contribution is 9.09. The normalized spacial score (nSPS) is 11.6. The van der Waals surface area contributed by atoms with E-state index in [1.165, 1.54) is 0 Å². The Bertz CT molecular complexity index is 364. The lowest BCUT2D eigenvalue weighted by Gasteiger charge is -2.19. The Hall–Kier alpha value is -0.780. The van der Waals surface area contributed by atoms with Crippen LogP contribution < -0.4 is 4.90 Å². The summed E-state index contributed by atoms with van der Waals surface area (Å²) >= 11 is 3.17. The fourth-order valence-corrected chi connectivity index (χ4v) is 1.77. The van der Waals surface area contributed by atoms with Gasteiger partial charge in [0.2, 0.25) is 0 Å². The molecule has 0 aliphatic heterocycles. The second kappa shape index (κ2) is 5.03. The summed E-state index contributed by atoms with van der Waals surface area (Å²) in [6.45, 7) is 0.516. The summed E-state index contributed by atoms with van der Waals surface area (Å²) in [6, 6.07) is 2.53. The van der Waals surface area contributed by atoms with Gasteiger partial charge in [-0.1, -0.05) is 15.9 Å². The predicted octanol–water partition coefficient (Wildman–Crippen LogP) is 3.68. The van der Waals surface area contributed by atoms with Crippen molar-refractivity contribution in [1.82, 2.24) is 0 Å². The molecular weight excluding hydrogens is 290 g/mol. The number of hydrogen-bond donors (Lipinski definition) is 0. The topological polar surface area (TPSA) is 3.24 Å². The number of anilines is 1. The van der Waals surface area contributed by atoms with E-state index in [0.29, 0.717) is 17.9 Å². The van der Waals surface area contributed by atoms with E-state index < -0.39 is 17.6 Å². The summed E-state index contributed by atoms with van der Waals surface area (Å²) in [6.07, 6.45) is -4.51. The molecule has 0 amide bonds. The minimum absolute atomic E-state index is 0.160. The van der Waals surface area contributed by atoms with Gasteiger partial charge in [0.15, 0.2) is 0 Å². The summed E-state index contributed by atoms with van der Waals surface area (Å²) in [5, 5.41) is 0.615. The Kier molecular flexibility index (Phi) is 4.18. The molecular formula is C10H10BrF4N. The van der Waals surface area contributed by atoms with E-state index in [1.807, 2.05) is 0 Å². The van der Waals surface area contributed by atoms with Crippen molar-refractivity contribution >= 4 is 21.6 Å². The van der Waals surface area contributed by atoms with Crippen LogP contribution in [0.2, 0.25) is 0 Å². The Morgan fingerprint density at radius 1 is 1.31 bits per heavy atom. The third-order valence-corrected chi connectivity index (χ3v) is 2.46. The SMILES string of the molecule is CN(CCBr)c1ccc(C(F)(F)F)cc1F. The summed E-state index contributed by atoms with van der Waals surface area (Å²) in [5.74, 6) is -0.863. The highest BCUT2D eigenvalue weighted by atomic mass is 79.9. The summed E-state index contributed by atoms with van der Waals surface area (Å²) in [5.41, 5.74) is -0.812. The molecule has 0 saturated carbocycles. The van der Waals surface area contributed by atoms with Crippen LogP contribution in [-0.2, 0) is 6.18 Å². The van der Waals surface area contributed by atoms with Crippen LogP contribution >= 0.6 is 15.9 Å².